The molecule has 0 N–H and O–H groups in total. The molecule has 1 aliphatic carbocycles. The molecule has 0 heteroatoms. The Bertz CT molecular complexity index is 2370. The first-order valence-corrected chi connectivity index (χ1v) is 15.8. The van der Waals surface area contributed by atoms with Gasteiger partial charge in [0.15, 0.2) is 0 Å². The normalized spacial score (nSPS) is 16.2. The molecule has 9 rings (SSSR count). The van der Waals surface area contributed by atoms with Crippen molar-refractivity contribution in [2.45, 2.75) is 19.3 Å². The van der Waals surface area contributed by atoms with Crippen LogP contribution in [0.25, 0.3) is 76.5 Å². The molecule has 1 aliphatic rings. The smallest absolute Gasteiger partial charge is 0.00260 e. The molecule has 2 atom stereocenters. The monoisotopic (exact) mass is 560 g/mol. The summed E-state index contributed by atoms with van der Waals surface area (Å²) in [5.41, 5.74) is 9.19. The van der Waals surface area contributed by atoms with Gasteiger partial charge in [0.1, 0.15) is 0 Å². The summed E-state index contributed by atoms with van der Waals surface area (Å²) in [6, 6.07) is 56.5. The van der Waals surface area contributed by atoms with E-state index in [9.17, 15) is 0 Å². The van der Waals surface area contributed by atoms with Gasteiger partial charge in [0.05, 0.1) is 0 Å². The highest BCUT2D eigenvalue weighted by atomic mass is 14.4. The van der Waals surface area contributed by atoms with E-state index in [0.29, 0.717) is 5.92 Å². The summed E-state index contributed by atoms with van der Waals surface area (Å²) in [7, 11) is 0. The molecule has 1 unspecified atom stereocenters. The lowest BCUT2D eigenvalue weighted by atomic mass is 9.84. The zero-order valence-electron chi connectivity index (χ0n) is 24.8. The maximum Gasteiger partial charge on any atom is -0.00260 e. The van der Waals surface area contributed by atoms with Crippen LogP contribution in [0.2, 0.25) is 0 Å². The van der Waals surface area contributed by atoms with Gasteiger partial charge in [-0.15, -0.1) is 0 Å². The molecule has 0 aliphatic heterocycles. The molecule has 0 bridgehead atoms. The van der Waals surface area contributed by atoms with Crippen LogP contribution in [-0.2, 0) is 0 Å². The third kappa shape index (κ3) is 4.06. The number of fused-ring (bicyclic) bond motifs is 4. The highest BCUT2D eigenvalue weighted by Crippen LogP contribution is 2.50. The number of benzene rings is 8. The number of hydrogen-bond acceptors (Lipinski definition) is 0. The van der Waals surface area contributed by atoms with Crippen molar-refractivity contribution in [3.63, 3.8) is 0 Å². The first-order chi connectivity index (χ1) is 21.7. The topological polar surface area (TPSA) is 0 Å². The van der Waals surface area contributed by atoms with Crippen LogP contribution in [0.5, 0.6) is 0 Å². The summed E-state index contributed by atoms with van der Waals surface area (Å²) in [4.78, 5) is 0. The Labute approximate surface area is 258 Å². The van der Waals surface area contributed by atoms with Crippen molar-refractivity contribution in [2.24, 2.45) is 5.92 Å². The summed E-state index contributed by atoms with van der Waals surface area (Å²) in [6.45, 7) is 2.38. The van der Waals surface area contributed by atoms with Crippen molar-refractivity contribution in [1.29, 1.82) is 0 Å². The molecule has 8 aromatic rings. The van der Waals surface area contributed by atoms with Crippen molar-refractivity contribution in [1.82, 2.24) is 0 Å². The molecule has 208 valence electrons. The van der Waals surface area contributed by atoms with Crippen molar-refractivity contribution in [3.8, 4) is 33.4 Å². The van der Waals surface area contributed by atoms with Crippen molar-refractivity contribution in [2.75, 3.05) is 0 Å². The van der Waals surface area contributed by atoms with E-state index in [0.717, 1.165) is 5.92 Å². The summed E-state index contributed by atoms with van der Waals surface area (Å²) >= 11 is 0. The van der Waals surface area contributed by atoms with Crippen LogP contribution < -0.4 is 0 Å². The largest absolute Gasteiger partial charge is 0.0619 e. The van der Waals surface area contributed by atoms with Crippen LogP contribution >= 0.6 is 0 Å². The molecule has 1 fully saturated rings. The van der Waals surface area contributed by atoms with Crippen LogP contribution in [0.1, 0.15) is 24.8 Å². The minimum Gasteiger partial charge on any atom is -0.0619 e. The molecular formula is C44H32. The standard InChI is InChI=1S/C44H32/c1-28-25-41(28)34-23-24-40-42(27-34)44(35-22-17-29-9-2-3-11-33(29)26-35)39-15-7-6-14-38(39)43(40)32-20-18-31(19-21-32)37-16-8-12-30-10-4-5-13-36(30)37/h2-24,26-28,41H,25H2,1H3/t28?,41-/m0/s1. The first-order valence-electron chi connectivity index (χ1n) is 15.8. The average Bonchev–Trinajstić information content (AvgIpc) is 3.82. The van der Waals surface area contributed by atoms with Gasteiger partial charge in [-0.25, -0.2) is 0 Å². The minimum atomic E-state index is 0.666. The average molecular weight is 561 g/mol. The second-order valence-corrected chi connectivity index (χ2v) is 12.6. The summed E-state index contributed by atoms with van der Waals surface area (Å²) in [5.74, 6) is 1.43. The molecule has 0 radical (unpaired) electrons. The van der Waals surface area contributed by atoms with Gasteiger partial charge < -0.3 is 0 Å². The number of rotatable bonds is 4. The molecule has 0 saturated heterocycles. The predicted molar refractivity (Wildman–Crippen MR) is 189 cm³/mol. The summed E-state index contributed by atoms with van der Waals surface area (Å²) in [6.07, 6.45) is 1.28. The number of hydrogen-bond donors (Lipinski definition) is 0. The van der Waals surface area contributed by atoms with E-state index in [4.69, 9.17) is 0 Å². The maximum absolute atomic E-state index is 2.51. The fraction of sp³-hybridized carbons (Fsp3) is 0.0909. The molecule has 0 aromatic heterocycles. The lowest BCUT2D eigenvalue weighted by Crippen LogP contribution is -1.93. The fourth-order valence-electron chi connectivity index (χ4n) is 7.47. The predicted octanol–water partition coefficient (Wildman–Crippen LogP) is 12.4. The molecule has 0 nitrogen and oxygen atoms in total. The van der Waals surface area contributed by atoms with Gasteiger partial charge in [-0.3, -0.25) is 0 Å². The van der Waals surface area contributed by atoms with Crippen LogP contribution in [0.15, 0.2) is 152 Å². The van der Waals surface area contributed by atoms with Crippen molar-refractivity contribution in [3.05, 3.63) is 157 Å². The zero-order chi connectivity index (χ0) is 29.2. The van der Waals surface area contributed by atoms with Gasteiger partial charge in [-0.1, -0.05) is 153 Å². The lowest BCUT2D eigenvalue weighted by molar-refractivity contribution is 0.916. The SMILES string of the molecule is CC1C[C@@H]1c1ccc2c(-c3ccc(-c4cccc5ccccc45)cc3)c3ccccc3c(-c3ccc4ccccc4c3)c2c1. The van der Waals surface area contributed by atoms with E-state index >= 15 is 0 Å². The maximum atomic E-state index is 2.51. The van der Waals surface area contributed by atoms with Crippen LogP contribution in [0.4, 0.5) is 0 Å². The Kier molecular flexibility index (Phi) is 5.71. The molecular weight excluding hydrogens is 528 g/mol. The van der Waals surface area contributed by atoms with Crippen molar-refractivity contribution < 1.29 is 0 Å². The first kappa shape index (κ1) is 25.3. The van der Waals surface area contributed by atoms with Gasteiger partial charge in [0.25, 0.3) is 0 Å². The van der Waals surface area contributed by atoms with Gasteiger partial charge >= 0.3 is 0 Å². The zero-order valence-corrected chi connectivity index (χ0v) is 24.8. The molecule has 1 saturated carbocycles. The highest BCUT2D eigenvalue weighted by molar-refractivity contribution is 6.22. The quantitative estimate of drug-likeness (QED) is 0.188. The fourth-order valence-corrected chi connectivity index (χ4v) is 7.47. The Morgan fingerprint density at radius 1 is 0.409 bits per heavy atom. The van der Waals surface area contributed by atoms with Gasteiger partial charge in [-0.05, 0) is 106 Å². The second-order valence-electron chi connectivity index (χ2n) is 12.6. The van der Waals surface area contributed by atoms with E-state index in [1.54, 1.807) is 0 Å². The third-order valence-electron chi connectivity index (χ3n) is 9.90. The molecule has 0 heterocycles. The third-order valence-corrected chi connectivity index (χ3v) is 9.90. The summed E-state index contributed by atoms with van der Waals surface area (Å²) < 4.78 is 0. The molecule has 0 amide bonds. The summed E-state index contributed by atoms with van der Waals surface area (Å²) in [5, 5.41) is 10.4. The van der Waals surface area contributed by atoms with Crippen LogP contribution in [0, 0.1) is 5.92 Å². The van der Waals surface area contributed by atoms with E-state index in [1.807, 2.05) is 0 Å². The Morgan fingerprint density at radius 2 is 0.977 bits per heavy atom. The van der Waals surface area contributed by atoms with E-state index in [2.05, 4.69) is 159 Å². The molecule has 0 spiro atoms. The van der Waals surface area contributed by atoms with Gasteiger partial charge in [0, 0.05) is 0 Å². The van der Waals surface area contributed by atoms with Crippen LogP contribution in [0.3, 0.4) is 0 Å². The molecule has 44 heavy (non-hydrogen) atoms. The molecule has 8 aromatic carbocycles. The van der Waals surface area contributed by atoms with Gasteiger partial charge in [0.2, 0.25) is 0 Å². The minimum absolute atomic E-state index is 0.666. The Hall–Kier alpha value is -5.20. The van der Waals surface area contributed by atoms with Crippen molar-refractivity contribution >= 4 is 43.1 Å². The van der Waals surface area contributed by atoms with E-state index < -0.39 is 0 Å². The lowest BCUT2D eigenvalue weighted by Gasteiger charge is -2.19. The van der Waals surface area contributed by atoms with E-state index in [1.165, 1.54) is 88.5 Å². The van der Waals surface area contributed by atoms with Crippen LogP contribution in [-0.4, -0.2) is 0 Å². The highest BCUT2D eigenvalue weighted by Gasteiger charge is 2.34. The second kappa shape index (κ2) is 9.93. The Balaban J connectivity index is 1.29. The van der Waals surface area contributed by atoms with Gasteiger partial charge in [-0.2, -0.15) is 0 Å². The Morgan fingerprint density at radius 3 is 1.73 bits per heavy atom. The van der Waals surface area contributed by atoms with E-state index in [-0.39, 0.29) is 0 Å².